The highest BCUT2D eigenvalue weighted by Gasteiger charge is 2.23. The standard InChI is InChI=1S/C19H17F2N3O3S/c1-12-22-16(11-19(25)23-12)10-18(13-2-4-14(20)5-3-13)24-28(26,27)17-8-6-15(21)7-9-17/h2-9,11,18,24H,10H2,1H3,(H,22,23,25)/t18-/m1/s1. The maximum atomic E-state index is 13.3. The summed E-state index contributed by atoms with van der Waals surface area (Å²) < 4.78 is 54.4. The SMILES string of the molecule is Cc1nc(C[C@@H](NS(=O)(=O)c2ccc(F)cc2)c2ccc(F)cc2)cc(=O)[nH]1. The normalized spacial score (nSPS) is 12.7. The molecule has 28 heavy (non-hydrogen) atoms. The van der Waals surface area contributed by atoms with Crippen LogP contribution in [0.3, 0.4) is 0 Å². The minimum Gasteiger partial charge on any atom is -0.311 e. The molecular weight excluding hydrogens is 388 g/mol. The molecule has 6 nitrogen and oxygen atoms in total. The summed E-state index contributed by atoms with van der Waals surface area (Å²) in [5.74, 6) is -0.631. The van der Waals surface area contributed by atoms with Gasteiger partial charge in [-0.3, -0.25) is 4.79 Å². The van der Waals surface area contributed by atoms with Crippen LogP contribution in [-0.4, -0.2) is 18.4 Å². The van der Waals surface area contributed by atoms with Gasteiger partial charge in [0.2, 0.25) is 10.0 Å². The van der Waals surface area contributed by atoms with Crippen LogP contribution in [0.5, 0.6) is 0 Å². The van der Waals surface area contributed by atoms with Gasteiger partial charge in [0.05, 0.1) is 10.9 Å². The van der Waals surface area contributed by atoms with Gasteiger partial charge in [-0.1, -0.05) is 12.1 Å². The number of aryl methyl sites for hydroxylation is 1. The van der Waals surface area contributed by atoms with Crippen LogP contribution in [0.2, 0.25) is 0 Å². The van der Waals surface area contributed by atoms with Gasteiger partial charge in [0, 0.05) is 18.2 Å². The molecule has 0 saturated heterocycles. The number of nitrogens with zero attached hydrogens (tertiary/aromatic N) is 1. The highest BCUT2D eigenvalue weighted by atomic mass is 32.2. The number of rotatable bonds is 6. The summed E-state index contributed by atoms with van der Waals surface area (Å²) in [5, 5.41) is 0. The van der Waals surface area contributed by atoms with E-state index >= 15 is 0 Å². The van der Waals surface area contributed by atoms with Crippen LogP contribution < -0.4 is 10.3 Å². The monoisotopic (exact) mass is 405 g/mol. The fraction of sp³-hybridized carbons (Fsp3) is 0.158. The number of halogens is 2. The molecule has 3 rings (SSSR count). The van der Waals surface area contributed by atoms with E-state index in [4.69, 9.17) is 0 Å². The predicted octanol–water partition coefficient (Wildman–Crippen LogP) is 2.62. The zero-order chi connectivity index (χ0) is 20.3. The molecule has 2 aromatic carbocycles. The van der Waals surface area contributed by atoms with E-state index in [0.717, 1.165) is 24.3 Å². The smallest absolute Gasteiger partial charge is 0.251 e. The zero-order valence-corrected chi connectivity index (χ0v) is 15.6. The van der Waals surface area contributed by atoms with Crippen LogP contribution in [0.25, 0.3) is 0 Å². The van der Waals surface area contributed by atoms with Crippen molar-refractivity contribution in [1.29, 1.82) is 0 Å². The predicted molar refractivity (Wildman–Crippen MR) is 99.2 cm³/mol. The Hall–Kier alpha value is -2.91. The minimum atomic E-state index is -4.00. The third-order valence-electron chi connectivity index (χ3n) is 4.02. The van der Waals surface area contributed by atoms with E-state index in [1.165, 1.54) is 30.3 Å². The Morgan fingerprint density at radius 3 is 2.18 bits per heavy atom. The molecule has 0 unspecified atom stereocenters. The minimum absolute atomic E-state index is 0.0663. The van der Waals surface area contributed by atoms with E-state index in [1.807, 2.05) is 0 Å². The first-order chi connectivity index (χ1) is 13.2. The third-order valence-corrected chi connectivity index (χ3v) is 5.51. The molecule has 0 fully saturated rings. The van der Waals surface area contributed by atoms with E-state index in [1.54, 1.807) is 6.92 Å². The highest BCUT2D eigenvalue weighted by molar-refractivity contribution is 7.89. The molecule has 1 heterocycles. The maximum absolute atomic E-state index is 13.3. The number of aromatic amines is 1. The second-order valence-corrected chi connectivity index (χ2v) is 7.92. The van der Waals surface area contributed by atoms with Gasteiger partial charge in [-0.2, -0.15) is 0 Å². The maximum Gasteiger partial charge on any atom is 0.251 e. The van der Waals surface area contributed by atoms with E-state index < -0.39 is 27.7 Å². The first-order valence-corrected chi connectivity index (χ1v) is 9.81. The van der Waals surface area contributed by atoms with Gasteiger partial charge in [-0.15, -0.1) is 0 Å². The first kappa shape index (κ1) is 19.8. The number of aromatic nitrogens is 2. The largest absolute Gasteiger partial charge is 0.311 e. The lowest BCUT2D eigenvalue weighted by Gasteiger charge is -2.19. The summed E-state index contributed by atoms with van der Waals surface area (Å²) in [6.07, 6.45) is 0.0663. The Labute approximate surface area is 160 Å². The molecule has 0 amide bonds. The average molecular weight is 405 g/mol. The second kappa shape index (κ2) is 7.99. The molecule has 0 bridgehead atoms. The van der Waals surface area contributed by atoms with E-state index in [2.05, 4.69) is 14.7 Å². The number of hydrogen-bond acceptors (Lipinski definition) is 4. The van der Waals surface area contributed by atoms with Crippen molar-refractivity contribution in [2.45, 2.75) is 24.3 Å². The van der Waals surface area contributed by atoms with E-state index in [-0.39, 0.29) is 16.9 Å². The summed E-state index contributed by atoms with van der Waals surface area (Å²) >= 11 is 0. The number of hydrogen-bond donors (Lipinski definition) is 2. The fourth-order valence-corrected chi connectivity index (χ4v) is 3.97. The molecular formula is C19H17F2N3O3S. The molecule has 0 spiro atoms. The number of H-pyrrole nitrogens is 1. The number of sulfonamides is 1. The van der Waals surface area contributed by atoms with Crippen molar-refractivity contribution >= 4 is 10.0 Å². The van der Waals surface area contributed by atoms with Gasteiger partial charge >= 0.3 is 0 Å². The van der Waals surface area contributed by atoms with Gasteiger partial charge in [-0.25, -0.2) is 26.9 Å². The highest BCUT2D eigenvalue weighted by Crippen LogP contribution is 2.21. The molecule has 1 aromatic heterocycles. The van der Waals surface area contributed by atoms with E-state index in [9.17, 15) is 22.0 Å². The van der Waals surface area contributed by atoms with Crippen LogP contribution in [0, 0.1) is 18.6 Å². The summed E-state index contributed by atoms with van der Waals surface area (Å²) in [5.41, 5.74) is 0.506. The molecule has 0 radical (unpaired) electrons. The first-order valence-electron chi connectivity index (χ1n) is 8.33. The van der Waals surface area contributed by atoms with Crippen molar-refractivity contribution in [1.82, 2.24) is 14.7 Å². The van der Waals surface area contributed by atoms with Crippen molar-refractivity contribution in [3.8, 4) is 0 Å². The quantitative estimate of drug-likeness (QED) is 0.660. The van der Waals surface area contributed by atoms with Crippen molar-refractivity contribution in [2.75, 3.05) is 0 Å². The lowest BCUT2D eigenvalue weighted by atomic mass is 10.0. The van der Waals surface area contributed by atoms with Crippen LogP contribution >= 0.6 is 0 Å². The van der Waals surface area contributed by atoms with Gasteiger partial charge < -0.3 is 4.98 Å². The molecule has 9 heteroatoms. The second-order valence-electron chi connectivity index (χ2n) is 6.21. The van der Waals surface area contributed by atoms with Crippen molar-refractivity contribution in [3.05, 3.63) is 93.7 Å². The van der Waals surface area contributed by atoms with Crippen LogP contribution in [0.15, 0.2) is 64.3 Å². The Kier molecular flexibility index (Phi) is 5.66. The summed E-state index contributed by atoms with van der Waals surface area (Å²) in [6, 6.07) is 10.2. The van der Waals surface area contributed by atoms with Crippen LogP contribution in [0.1, 0.15) is 23.1 Å². The number of nitrogens with one attached hydrogen (secondary N) is 2. The van der Waals surface area contributed by atoms with Gasteiger partial charge in [0.1, 0.15) is 17.5 Å². The fourth-order valence-electron chi connectivity index (χ4n) is 2.75. The van der Waals surface area contributed by atoms with Gasteiger partial charge in [-0.05, 0) is 48.9 Å². The Morgan fingerprint density at radius 2 is 1.61 bits per heavy atom. The van der Waals surface area contributed by atoms with E-state index in [0.29, 0.717) is 17.1 Å². The summed E-state index contributed by atoms with van der Waals surface area (Å²) in [6.45, 7) is 1.61. The van der Waals surface area contributed by atoms with Crippen molar-refractivity contribution in [2.24, 2.45) is 0 Å². The Morgan fingerprint density at radius 1 is 1.04 bits per heavy atom. The Bertz CT molecular complexity index is 1130. The topological polar surface area (TPSA) is 91.9 Å². The van der Waals surface area contributed by atoms with Crippen LogP contribution in [-0.2, 0) is 16.4 Å². The summed E-state index contributed by atoms with van der Waals surface area (Å²) in [7, 11) is -4.00. The Balaban J connectivity index is 1.97. The average Bonchev–Trinajstić information content (AvgIpc) is 2.61. The molecule has 3 aromatic rings. The molecule has 0 aliphatic rings. The lowest BCUT2D eigenvalue weighted by molar-refractivity contribution is 0.551. The van der Waals surface area contributed by atoms with Crippen molar-refractivity contribution in [3.63, 3.8) is 0 Å². The van der Waals surface area contributed by atoms with Gasteiger partial charge in [0.15, 0.2) is 0 Å². The molecule has 1 atom stereocenters. The zero-order valence-electron chi connectivity index (χ0n) is 14.8. The summed E-state index contributed by atoms with van der Waals surface area (Å²) in [4.78, 5) is 18.3. The van der Waals surface area contributed by atoms with Crippen LogP contribution in [0.4, 0.5) is 8.78 Å². The molecule has 0 aliphatic carbocycles. The van der Waals surface area contributed by atoms with Gasteiger partial charge in [0.25, 0.3) is 5.56 Å². The molecule has 146 valence electrons. The lowest BCUT2D eigenvalue weighted by Crippen LogP contribution is -2.30. The molecule has 0 aliphatic heterocycles. The van der Waals surface area contributed by atoms with Crippen molar-refractivity contribution < 1.29 is 17.2 Å². The molecule has 2 N–H and O–H groups in total. The third kappa shape index (κ3) is 4.87. The molecule has 0 saturated carbocycles. The number of benzene rings is 2.